The van der Waals surface area contributed by atoms with Gasteiger partial charge in [0.2, 0.25) is 7.37 Å². The molecule has 0 amide bonds. The van der Waals surface area contributed by atoms with Crippen LogP contribution in [0.2, 0.25) is 0 Å². The van der Waals surface area contributed by atoms with Crippen LogP contribution >= 0.6 is 7.37 Å². The fourth-order valence-corrected chi connectivity index (χ4v) is 3.43. The first kappa shape index (κ1) is 16.6. The van der Waals surface area contributed by atoms with Crippen molar-refractivity contribution in [2.45, 2.75) is 13.3 Å². The molecular formula is C16H20N5O2P. The molecule has 24 heavy (non-hydrogen) atoms. The van der Waals surface area contributed by atoms with Crippen LogP contribution in [0.15, 0.2) is 30.6 Å². The van der Waals surface area contributed by atoms with E-state index in [9.17, 15) is 9.46 Å². The summed E-state index contributed by atoms with van der Waals surface area (Å²) < 4.78 is 13.4. The maximum atomic E-state index is 11.7. The molecule has 2 heterocycles. The predicted octanol–water partition coefficient (Wildman–Crippen LogP) is 1.62. The van der Waals surface area contributed by atoms with Gasteiger partial charge in [-0.2, -0.15) is 14.6 Å². The summed E-state index contributed by atoms with van der Waals surface area (Å²) in [5.74, 6) is 1.50. The van der Waals surface area contributed by atoms with Crippen molar-refractivity contribution in [2.24, 2.45) is 0 Å². The Morgan fingerprint density at radius 3 is 2.50 bits per heavy atom. The summed E-state index contributed by atoms with van der Waals surface area (Å²) >= 11 is 0. The lowest BCUT2D eigenvalue weighted by atomic mass is 10.0. The highest BCUT2D eigenvalue weighted by Crippen LogP contribution is 2.34. The lowest BCUT2D eigenvalue weighted by Gasteiger charge is -2.20. The van der Waals surface area contributed by atoms with E-state index in [1.807, 2.05) is 38.1 Å². The highest BCUT2D eigenvalue weighted by atomic mass is 31.2. The van der Waals surface area contributed by atoms with Crippen LogP contribution in [0.1, 0.15) is 16.8 Å². The molecule has 2 aromatic heterocycles. The van der Waals surface area contributed by atoms with Gasteiger partial charge in [-0.3, -0.25) is 4.57 Å². The normalized spacial score (nSPS) is 13.9. The van der Waals surface area contributed by atoms with Crippen LogP contribution in [0.3, 0.4) is 0 Å². The molecule has 0 bridgehead atoms. The first-order chi connectivity index (χ1) is 11.3. The molecular weight excluding hydrogens is 325 g/mol. The molecule has 0 saturated carbocycles. The molecule has 3 aromatic rings. The Hall–Kier alpha value is -2.24. The highest BCUT2D eigenvalue weighted by molar-refractivity contribution is 7.65. The van der Waals surface area contributed by atoms with Crippen molar-refractivity contribution in [3.8, 4) is 0 Å². The number of aromatic nitrogens is 4. The molecule has 7 nitrogen and oxygen atoms in total. The summed E-state index contributed by atoms with van der Waals surface area (Å²) in [6, 6.07) is 7.18. The largest absolute Gasteiger partial charge is 0.362 e. The molecule has 0 spiro atoms. The van der Waals surface area contributed by atoms with E-state index in [0.717, 1.165) is 22.6 Å². The Morgan fingerprint density at radius 2 is 1.92 bits per heavy atom. The van der Waals surface area contributed by atoms with Gasteiger partial charge < -0.3 is 9.79 Å². The van der Waals surface area contributed by atoms with Crippen LogP contribution in [0.25, 0.3) is 5.78 Å². The third-order valence-electron chi connectivity index (χ3n) is 3.92. The van der Waals surface area contributed by atoms with Crippen LogP contribution in [0.4, 0.5) is 5.82 Å². The zero-order chi connectivity index (χ0) is 17.5. The molecule has 1 unspecified atom stereocenters. The Balaban J connectivity index is 2.05. The second kappa shape index (κ2) is 6.00. The van der Waals surface area contributed by atoms with E-state index >= 15 is 0 Å². The predicted molar refractivity (Wildman–Crippen MR) is 94.5 cm³/mol. The Kier molecular flexibility index (Phi) is 4.15. The molecule has 0 fully saturated rings. The Labute approximate surface area is 140 Å². The van der Waals surface area contributed by atoms with Crippen molar-refractivity contribution in [3.63, 3.8) is 0 Å². The molecule has 1 atom stereocenters. The monoisotopic (exact) mass is 345 g/mol. The minimum Gasteiger partial charge on any atom is -0.362 e. The fraction of sp³-hybridized carbons (Fsp3) is 0.312. The van der Waals surface area contributed by atoms with E-state index in [0.29, 0.717) is 17.5 Å². The third kappa shape index (κ3) is 3.05. The number of aryl methyl sites for hydroxylation is 1. The van der Waals surface area contributed by atoms with Gasteiger partial charge in [-0.1, -0.05) is 12.1 Å². The smallest absolute Gasteiger partial charge is 0.254 e. The minimum absolute atomic E-state index is 0.459. The van der Waals surface area contributed by atoms with Gasteiger partial charge in [-0.25, -0.2) is 4.98 Å². The fourth-order valence-electron chi connectivity index (χ4n) is 2.73. The number of fused-ring (bicyclic) bond motifs is 1. The standard InChI is InChI=1S/C16H20N5O2P/c1-11-14(9-12-5-7-13(8-6-12)24(4,22)23)15(20(2)3)21-16(19-11)17-10-18-21/h5-8,10H,9H2,1-4H3,(H,22,23). The molecule has 0 aliphatic rings. The zero-order valence-corrected chi connectivity index (χ0v) is 15.0. The summed E-state index contributed by atoms with van der Waals surface area (Å²) in [5, 5.41) is 4.72. The van der Waals surface area contributed by atoms with Crippen LogP contribution in [-0.2, 0) is 11.0 Å². The SMILES string of the molecule is Cc1nc2ncnn2c(N(C)C)c1Cc1ccc(P(C)(=O)O)cc1. The van der Waals surface area contributed by atoms with Gasteiger partial charge >= 0.3 is 0 Å². The lowest BCUT2D eigenvalue weighted by molar-refractivity contribution is 0.496. The maximum absolute atomic E-state index is 11.7. The number of nitrogens with zero attached hydrogens (tertiary/aromatic N) is 5. The van der Waals surface area contributed by atoms with Crippen molar-refractivity contribution in [1.82, 2.24) is 19.6 Å². The van der Waals surface area contributed by atoms with E-state index in [1.165, 1.54) is 13.0 Å². The first-order valence-corrected chi connectivity index (χ1v) is 9.64. The number of anilines is 1. The average molecular weight is 345 g/mol. The van der Waals surface area contributed by atoms with E-state index in [4.69, 9.17) is 0 Å². The van der Waals surface area contributed by atoms with Crippen LogP contribution in [0, 0.1) is 6.92 Å². The second-order valence-corrected chi connectivity index (χ2v) is 8.36. The van der Waals surface area contributed by atoms with E-state index in [1.54, 1.807) is 16.6 Å². The Bertz CT molecular complexity index is 928. The van der Waals surface area contributed by atoms with Crippen molar-refractivity contribution in [2.75, 3.05) is 25.7 Å². The molecule has 126 valence electrons. The van der Waals surface area contributed by atoms with E-state index in [-0.39, 0.29) is 0 Å². The first-order valence-electron chi connectivity index (χ1n) is 7.53. The number of rotatable bonds is 4. The van der Waals surface area contributed by atoms with Crippen LogP contribution in [0.5, 0.6) is 0 Å². The summed E-state index contributed by atoms with van der Waals surface area (Å²) in [5.41, 5.74) is 2.99. The van der Waals surface area contributed by atoms with Gasteiger partial charge in [0.15, 0.2) is 0 Å². The van der Waals surface area contributed by atoms with Gasteiger partial charge in [0.05, 0.1) is 0 Å². The second-order valence-electron chi connectivity index (χ2n) is 6.09. The molecule has 0 aliphatic heterocycles. The third-order valence-corrected chi connectivity index (χ3v) is 5.18. The maximum Gasteiger partial charge on any atom is 0.254 e. The van der Waals surface area contributed by atoms with E-state index < -0.39 is 7.37 Å². The molecule has 0 saturated heterocycles. The molecule has 1 aromatic carbocycles. The minimum atomic E-state index is -3.22. The van der Waals surface area contributed by atoms with Gasteiger partial charge in [-0.15, -0.1) is 0 Å². The van der Waals surface area contributed by atoms with E-state index in [2.05, 4.69) is 15.1 Å². The van der Waals surface area contributed by atoms with Gasteiger partial charge in [0.1, 0.15) is 12.1 Å². The van der Waals surface area contributed by atoms with Crippen LogP contribution in [-0.4, -0.2) is 45.2 Å². The number of hydrogen-bond donors (Lipinski definition) is 1. The lowest BCUT2D eigenvalue weighted by Crippen LogP contribution is -2.18. The quantitative estimate of drug-likeness (QED) is 0.724. The summed E-state index contributed by atoms with van der Waals surface area (Å²) in [6.45, 7) is 3.30. The van der Waals surface area contributed by atoms with Crippen molar-refractivity contribution in [1.29, 1.82) is 0 Å². The van der Waals surface area contributed by atoms with Crippen molar-refractivity contribution >= 4 is 24.3 Å². The highest BCUT2D eigenvalue weighted by Gasteiger charge is 2.17. The van der Waals surface area contributed by atoms with Gasteiger partial charge in [0.25, 0.3) is 5.78 Å². The average Bonchev–Trinajstić information content (AvgIpc) is 2.94. The Morgan fingerprint density at radius 1 is 1.25 bits per heavy atom. The molecule has 1 N–H and O–H groups in total. The van der Waals surface area contributed by atoms with Gasteiger partial charge in [-0.05, 0) is 24.6 Å². The molecule has 3 rings (SSSR count). The van der Waals surface area contributed by atoms with Crippen molar-refractivity contribution in [3.05, 3.63) is 47.4 Å². The summed E-state index contributed by atoms with van der Waals surface area (Å²) in [4.78, 5) is 20.3. The molecule has 0 radical (unpaired) electrons. The summed E-state index contributed by atoms with van der Waals surface area (Å²) in [6.07, 6.45) is 2.15. The number of benzene rings is 1. The molecule has 8 heteroatoms. The molecule has 0 aliphatic carbocycles. The van der Waals surface area contributed by atoms with Crippen molar-refractivity contribution < 1.29 is 9.46 Å². The zero-order valence-electron chi connectivity index (χ0n) is 14.1. The number of hydrogen-bond acceptors (Lipinski definition) is 5. The topological polar surface area (TPSA) is 83.6 Å². The summed E-state index contributed by atoms with van der Waals surface area (Å²) in [7, 11) is 0.698. The van der Waals surface area contributed by atoms with Crippen LogP contribution < -0.4 is 10.2 Å². The van der Waals surface area contributed by atoms with Gasteiger partial charge in [0, 0.05) is 43.7 Å².